The lowest BCUT2D eigenvalue weighted by Gasteiger charge is -2.18. The van der Waals surface area contributed by atoms with Gasteiger partial charge in [-0.25, -0.2) is 0 Å². The van der Waals surface area contributed by atoms with Crippen molar-refractivity contribution in [3.05, 3.63) is 103 Å². The number of hydrogen-bond donors (Lipinski definition) is 0. The molecule has 2 heterocycles. The van der Waals surface area contributed by atoms with Crippen LogP contribution in [0.15, 0.2) is 97.6 Å². The lowest BCUT2D eigenvalue weighted by Crippen LogP contribution is -2.07. The predicted octanol–water partition coefficient (Wildman–Crippen LogP) is 6.22. The molecule has 0 aliphatic heterocycles. The van der Waals surface area contributed by atoms with E-state index in [-0.39, 0.29) is 0 Å². The molecule has 0 bridgehead atoms. The van der Waals surface area contributed by atoms with Crippen molar-refractivity contribution in [3.63, 3.8) is 0 Å². The van der Waals surface area contributed by atoms with Crippen LogP contribution >= 0.6 is 0 Å². The SMILES string of the molecule is CCC(c1ccc(-c2ccccc2-c2cccnc2)cc1)n1cccc1. The fourth-order valence-corrected chi connectivity index (χ4v) is 3.57. The first kappa shape index (κ1) is 16.3. The van der Waals surface area contributed by atoms with E-state index in [0.29, 0.717) is 6.04 Å². The van der Waals surface area contributed by atoms with Crippen molar-refractivity contribution in [2.45, 2.75) is 19.4 Å². The van der Waals surface area contributed by atoms with Gasteiger partial charge in [-0.1, -0.05) is 61.5 Å². The van der Waals surface area contributed by atoms with Gasteiger partial charge < -0.3 is 4.57 Å². The summed E-state index contributed by atoms with van der Waals surface area (Å²) >= 11 is 0. The van der Waals surface area contributed by atoms with Crippen molar-refractivity contribution in [1.29, 1.82) is 0 Å². The number of pyridine rings is 1. The highest BCUT2D eigenvalue weighted by Gasteiger charge is 2.12. The second-order valence-electron chi connectivity index (χ2n) is 6.46. The fraction of sp³-hybridized carbons (Fsp3) is 0.125. The first-order valence-electron chi connectivity index (χ1n) is 9.09. The number of benzene rings is 2. The van der Waals surface area contributed by atoms with E-state index in [1.807, 2.05) is 18.5 Å². The van der Waals surface area contributed by atoms with Gasteiger partial charge >= 0.3 is 0 Å². The number of rotatable bonds is 5. The molecular formula is C24H22N2. The van der Waals surface area contributed by atoms with Gasteiger partial charge in [-0.2, -0.15) is 0 Å². The lowest BCUT2D eigenvalue weighted by atomic mass is 9.94. The normalized spacial score (nSPS) is 12.0. The van der Waals surface area contributed by atoms with Gasteiger partial charge in [0.25, 0.3) is 0 Å². The van der Waals surface area contributed by atoms with Crippen LogP contribution in [0.2, 0.25) is 0 Å². The van der Waals surface area contributed by atoms with Crippen LogP contribution in [-0.2, 0) is 0 Å². The molecule has 0 aliphatic carbocycles. The van der Waals surface area contributed by atoms with Crippen LogP contribution in [-0.4, -0.2) is 9.55 Å². The van der Waals surface area contributed by atoms with Crippen LogP contribution in [0.25, 0.3) is 22.3 Å². The van der Waals surface area contributed by atoms with Crippen LogP contribution in [0, 0.1) is 0 Å². The molecule has 0 saturated heterocycles. The van der Waals surface area contributed by atoms with Crippen molar-refractivity contribution in [1.82, 2.24) is 9.55 Å². The van der Waals surface area contributed by atoms with Gasteiger partial charge in [-0.3, -0.25) is 4.98 Å². The number of hydrogen-bond acceptors (Lipinski definition) is 1. The fourth-order valence-electron chi connectivity index (χ4n) is 3.57. The Balaban J connectivity index is 1.70. The molecule has 2 aromatic carbocycles. The third-order valence-electron chi connectivity index (χ3n) is 4.88. The molecule has 26 heavy (non-hydrogen) atoms. The Morgan fingerprint density at radius 2 is 1.46 bits per heavy atom. The highest BCUT2D eigenvalue weighted by atomic mass is 15.0. The molecular weight excluding hydrogens is 316 g/mol. The molecule has 0 radical (unpaired) electrons. The van der Waals surface area contributed by atoms with Gasteiger partial charge in [0.05, 0.1) is 6.04 Å². The minimum Gasteiger partial charge on any atom is -0.347 e. The number of aromatic nitrogens is 2. The van der Waals surface area contributed by atoms with Crippen LogP contribution in [0.5, 0.6) is 0 Å². The molecule has 2 nitrogen and oxygen atoms in total. The topological polar surface area (TPSA) is 17.8 Å². The third-order valence-corrected chi connectivity index (χ3v) is 4.88. The van der Waals surface area contributed by atoms with Gasteiger partial charge in [0.1, 0.15) is 0 Å². The van der Waals surface area contributed by atoms with Gasteiger partial charge in [0, 0.05) is 30.4 Å². The summed E-state index contributed by atoms with van der Waals surface area (Å²) in [4.78, 5) is 4.27. The van der Waals surface area contributed by atoms with E-state index >= 15 is 0 Å². The van der Waals surface area contributed by atoms with Crippen molar-refractivity contribution in [3.8, 4) is 22.3 Å². The monoisotopic (exact) mass is 338 g/mol. The summed E-state index contributed by atoms with van der Waals surface area (Å²) in [7, 11) is 0. The Hall–Kier alpha value is -3.13. The van der Waals surface area contributed by atoms with Crippen molar-refractivity contribution >= 4 is 0 Å². The molecule has 2 aromatic heterocycles. The largest absolute Gasteiger partial charge is 0.347 e. The van der Waals surface area contributed by atoms with E-state index in [1.165, 1.54) is 22.3 Å². The smallest absolute Gasteiger partial charge is 0.0577 e. The highest BCUT2D eigenvalue weighted by Crippen LogP contribution is 2.32. The zero-order chi connectivity index (χ0) is 17.8. The second-order valence-corrected chi connectivity index (χ2v) is 6.46. The molecule has 1 atom stereocenters. The molecule has 0 aliphatic rings. The summed E-state index contributed by atoms with van der Waals surface area (Å²) in [5.74, 6) is 0. The Morgan fingerprint density at radius 1 is 0.769 bits per heavy atom. The maximum absolute atomic E-state index is 4.27. The van der Waals surface area contributed by atoms with E-state index in [4.69, 9.17) is 0 Å². The molecule has 0 fully saturated rings. The average molecular weight is 338 g/mol. The predicted molar refractivity (Wildman–Crippen MR) is 108 cm³/mol. The summed E-state index contributed by atoms with van der Waals surface area (Å²) in [5.41, 5.74) is 6.17. The maximum atomic E-state index is 4.27. The average Bonchev–Trinajstić information content (AvgIpc) is 3.24. The van der Waals surface area contributed by atoms with Crippen molar-refractivity contribution in [2.75, 3.05) is 0 Å². The van der Waals surface area contributed by atoms with Gasteiger partial charge in [0.15, 0.2) is 0 Å². The van der Waals surface area contributed by atoms with Crippen LogP contribution in [0.3, 0.4) is 0 Å². The van der Waals surface area contributed by atoms with Crippen molar-refractivity contribution in [2.24, 2.45) is 0 Å². The summed E-state index contributed by atoms with van der Waals surface area (Å²) in [6, 6.07) is 26.1. The third kappa shape index (κ3) is 3.18. The summed E-state index contributed by atoms with van der Waals surface area (Å²) in [6.07, 6.45) is 9.08. The van der Waals surface area contributed by atoms with Crippen LogP contribution in [0.4, 0.5) is 0 Å². The summed E-state index contributed by atoms with van der Waals surface area (Å²) in [5, 5.41) is 0. The van der Waals surface area contributed by atoms with E-state index in [2.05, 4.69) is 95.6 Å². The lowest BCUT2D eigenvalue weighted by molar-refractivity contribution is 0.569. The van der Waals surface area contributed by atoms with Crippen LogP contribution < -0.4 is 0 Å². The quantitative estimate of drug-likeness (QED) is 0.422. The van der Waals surface area contributed by atoms with E-state index in [0.717, 1.165) is 12.0 Å². The Kier molecular flexibility index (Phi) is 4.65. The second kappa shape index (κ2) is 7.40. The molecule has 4 aromatic rings. The number of nitrogens with zero attached hydrogens (tertiary/aromatic N) is 2. The molecule has 128 valence electrons. The minimum atomic E-state index is 0.382. The maximum Gasteiger partial charge on any atom is 0.0577 e. The van der Waals surface area contributed by atoms with Crippen LogP contribution in [0.1, 0.15) is 24.9 Å². The van der Waals surface area contributed by atoms with E-state index in [9.17, 15) is 0 Å². The highest BCUT2D eigenvalue weighted by molar-refractivity contribution is 5.83. The first-order chi connectivity index (χ1) is 12.9. The molecule has 2 heteroatoms. The molecule has 0 saturated carbocycles. The Labute approximate surface area is 154 Å². The van der Waals surface area contributed by atoms with Gasteiger partial charge in [0.2, 0.25) is 0 Å². The molecule has 0 amide bonds. The van der Waals surface area contributed by atoms with Gasteiger partial charge in [-0.15, -0.1) is 0 Å². The zero-order valence-electron chi connectivity index (χ0n) is 14.9. The van der Waals surface area contributed by atoms with E-state index < -0.39 is 0 Å². The van der Waals surface area contributed by atoms with Gasteiger partial charge in [-0.05, 0) is 46.9 Å². The minimum absolute atomic E-state index is 0.382. The molecule has 0 N–H and O–H groups in total. The summed E-state index contributed by atoms with van der Waals surface area (Å²) in [6.45, 7) is 2.23. The zero-order valence-corrected chi connectivity index (χ0v) is 14.9. The van der Waals surface area contributed by atoms with Crippen molar-refractivity contribution < 1.29 is 0 Å². The standard InChI is InChI=1S/C24H22N2/c1-2-24(26-16-5-6-17-26)20-13-11-19(12-14-20)22-9-3-4-10-23(22)21-8-7-15-25-18-21/h3-18,24H,2H2,1H3. The molecule has 4 rings (SSSR count). The molecule has 1 unspecified atom stereocenters. The Morgan fingerprint density at radius 3 is 2.08 bits per heavy atom. The first-order valence-corrected chi connectivity index (χ1v) is 9.09. The summed E-state index contributed by atoms with van der Waals surface area (Å²) < 4.78 is 2.28. The molecule has 0 spiro atoms. The Bertz CT molecular complexity index is 955. The van der Waals surface area contributed by atoms with E-state index in [1.54, 1.807) is 0 Å².